The molecule has 236 valence electrons. The van der Waals surface area contributed by atoms with Crippen LogP contribution < -0.4 is 9.64 Å². The summed E-state index contributed by atoms with van der Waals surface area (Å²) in [5.41, 5.74) is -4.23. The Morgan fingerprint density at radius 1 is 1.14 bits per heavy atom. The number of anilines is 2. The van der Waals surface area contributed by atoms with Crippen molar-refractivity contribution in [3.8, 4) is 5.75 Å². The van der Waals surface area contributed by atoms with E-state index in [4.69, 9.17) is 9.47 Å². The molecule has 2 aromatic rings. The number of aliphatic carboxylic acids is 1. The van der Waals surface area contributed by atoms with E-state index in [-0.39, 0.29) is 35.2 Å². The Labute approximate surface area is 246 Å². The van der Waals surface area contributed by atoms with Gasteiger partial charge < -0.3 is 19.5 Å². The van der Waals surface area contributed by atoms with Gasteiger partial charge in [-0.05, 0) is 36.8 Å². The highest BCUT2D eigenvalue weighted by molar-refractivity contribution is 8.00. The van der Waals surface area contributed by atoms with Crippen LogP contribution in [-0.2, 0) is 19.4 Å². The topological polar surface area (TPSA) is 93.1 Å². The highest BCUT2D eigenvalue weighted by Crippen LogP contribution is 2.52. The quantitative estimate of drug-likeness (QED) is 0.311. The fourth-order valence-electron chi connectivity index (χ4n) is 5.10. The number of carbonyl (C=O) groups is 1. The van der Waals surface area contributed by atoms with Crippen LogP contribution in [0.4, 0.5) is 42.1 Å². The summed E-state index contributed by atoms with van der Waals surface area (Å²) in [6.45, 7) is -1.41. The number of rotatable bonds is 9. The van der Waals surface area contributed by atoms with Crippen LogP contribution in [0.2, 0.25) is 0 Å². The van der Waals surface area contributed by atoms with Gasteiger partial charge in [0.25, 0.3) is 0 Å². The molecule has 0 bridgehead atoms. The molecule has 7 nitrogen and oxygen atoms in total. The molecule has 1 saturated carbocycles. The molecule has 2 aromatic carbocycles. The summed E-state index contributed by atoms with van der Waals surface area (Å²) in [7, 11) is -4.96. The number of alkyl halides is 6. The monoisotopic (exact) mass is 657 g/mol. The normalized spacial score (nSPS) is 24.3. The number of ether oxygens (including phenoxy) is 2. The van der Waals surface area contributed by atoms with Crippen LogP contribution in [0.5, 0.6) is 5.75 Å². The standard InChI is InChI=1S/C27H26F7NO6S2/c28-16-1-3-17(4-2-16)35-11-15(5-6-27(32,33)34)23(29)43(38,39)22-8-20(41-14-25(24(36)37)12-40-13-25)21(7-19(22)35)42-18-9-26(30,31)10-18/h1-4,7-8,15,18,23H,5-6,9-14H2,(H,36,37)/t15-,23+/m1/s1. The van der Waals surface area contributed by atoms with E-state index in [9.17, 15) is 44.7 Å². The number of halogens is 7. The molecule has 1 saturated heterocycles. The van der Waals surface area contributed by atoms with Gasteiger partial charge in [0.05, 0.1) is 28.7 Å². The van der Waals surface area contributed by atoms with E-state index < -0.39 is 99.5 Å². The van der Waals surface area contributed by atoms with E-state index in [1.165, 1.54) is 23.1 Å². The predicted molar refractivity (Wildman–Crippen MR) is 141 cm³/mol. The molecule has 43 heavy (non-hydrogen) atoms. The van der Waals surface area contributed by atoms with Crippen molar-refractivity contribution < 1.29 is 58.5 Å². The lowest BCUT2D eigenvalue weighted by Gasteiger charge is -2.37. The molecule has 2 heterocycles. The molecule has 0 aromatic heterocycles. The molecule has 5 rings (SSSR count). The molecule has 0 radical (unpaired) electrons. The van der Waals surface area contributed by atoms with Crippen LogP contribution in [0.25, 0.3) is 0 Å². The number of hydrogen-bond acceptors (Lipinski definition) is 7. The molecule has 3 aliphatic rings. The van der Waals surface area contributed by atoms with Crippen molar-refractivity contribution in [2.75, 3.05) is 31.3 Å². The average Bonchev–Trinajstić information content (AvgIpc) is 2.94. The lowest BCUT2D eigenvalue weighted by Crippen LogP contribution is -2.53. The van der Waals surface area contributed by atoms with Gasteiger partial charge in [0.15, 0.2) is 0 Å². The van der Waals surface area contributed by atoms with E-state index in [1.54, 1.807) is 0 Å². The van der Waals surface area contributed by atoms with E-state index in [2.05, 4.69) is 0 Å². The maximum atomic E-state index is 15.8. The van der Waals surface area contributed by atoms with Crippen molar-refractivity contribution in [3.05, 3.63) is 42.2 Å². The minimum Gasteiger partial charge on any atom is -0.491 e. The zero-order valence-electron chi connectivity index (χ0n) is 22.3. The van der Waals surface area contributed by atoms with Crippen molar-refractivity contribution in [1.29, 1.82) is 0 Å². The lowest BCUT2D eigenvalue weighted by molar-refractivity contribution is -0.185. The minimum absolute atomic E-state index is 0.145. The van der Waals surface area contributed by atoms with Gasteiger partial charge in [0, 0.05) is 48.7 Å². The summed E-state index contributed by atoms with van der Waals surface area (Å²) < 4.78 is 134. The third-order valence-electron chi connectivity index (χ3n) is 7.70. The van der Waals surface area contributed by atoms with Crippen LogP contribution in [0, 0.1) is 17.2 Å². The van der Waals surface area contributed by atoms with Gasteiger partial charge in [0.2, 0.25) is 21.3 Å². The highest BCUT2D eigenvalue weighted by Gasteiger charge is 2.49. The van der Waals surface area contributed by atoms with Gasteiger partial charge >= 0.3 is 12.1 Å². The van der Waals surface area contributed by atoms with E-state index in [1.807, 2.05) is 0 Å². The Morgan fingerprint density at radius 3 is 2.33 bits per heavy atom. The Morgan fingerprint density at radius 2 is 1.79 bits per heavy atom. The smallest absolute Gasteiger partial charge is 0.389 e. The SMILES string of the molecule is O=C(O)C1(COc2cc3c(cc2SC2CC(F)(F)C2)N(c2ccc(F)cc2)C[C@@H](CCC(F)(F)F)[C@@H](F)S3(=O)=O)COC1. The van der Waals surface area contributed by atoms with Crippen LogP contribution in [0.3, 0.4) is 0 Å². The maximum Gasteiger partial charge on any atom is 0.389 e. The molecule has 0 unspecified atom stereocenters. The average molecular weight is 658 g/mol. The number of sulfone groups is 1. The molecular weight excluding hydrogens is 631 g/mol. The molecule has 2 atom stereocenters. The molecule has 2 aliphatic heterocycles. The molecule has 16 heteroatoms. The number of nitrogens with zero attached hydrogens (tertiary/aromatic N) is 1. The second-order valence-corrected chi connectivity index (χ2v) is 14.4. The summed E-state index contributed by atoms with van der Waals surface area (Å²) in [4.78, 5) is 12.6. The van der Waals surface area contributed by atoms with Crippen molar-refractivity contribution in [2.45, 2.75) is 58.3 Å². The van der Waals surface area contributed by atoms with Crippen LogP contribution in [-0.4, -0.2) is 68.7 Å². The zero-order chi connectivity index (χ0) is 31.4. The number of carboxylic acids is 1. The first kappa shape index (κ1) is 31.7. The summed E-state index contributed by atoms with van der Waals surface area (Å²) in [6.07, 6.45) is -7.99. The van der Waals surface area contributed by atoms with Crippen molar-refractivity contribution in [3.63, 3.8) is 0 Å². The molecule has 2 fully saturated rings. The Hall–Kier alpha value is -2.72. The number of hydrogen-bond donors (Lipinski definition) is 1. The number of thioether (sulfide) groups is 1. The van der Waals surface area contributed by atoms with Gasteiger partial charge in [-0.1, -0.05) is 0 Å². The first-order valence-electron chi connectivity index (χ1n) is 13.1. The fraction of sp³-hybridized carbons (Fsp3) is 0.519. The summed E-state index contributed by atoms with van der Waals surface area (Å²) in [5.74, 6) is -6.67. The van der Waals surface area contributed by atoms with Gasteiger partial charge in [0.1, 0.15) is 23.6 Å². The Balaban J connectivity index is 1.61. The number of carboxylic acid groups (broad SMARTS) is 1. The molecule has 1 N–H and O–H groups in total. The maximum absolute atomic E-state index is 15.8. The molecule has 1 aliphatic carbocycles. The Kier molecular flexibility index (Phi) is 8.35. The first-order chi connectivity index (χ1) is 20.0. The van der Waals surface area contributed by atoms with Crippen molar-refractivity contribution in [1.82, 2.24) is 0 Å². The zero-order valence-corrected chi connectivity index (χ0v) is 23.9. The van der Waals surface area contributed by atoms with Gasteiger partial charge in [-0.3, -0.25) is 4.79 Å². The van der Waals surface area contributed by atoms with Crippen molar-refractivity contribution in [2.24, 2.45) is 11.3 Å². The summed E-state index contributed by atoms with van der Waals surface area (Å²) in [6, 6.07) is 6.80. The van der Waals surface area contributed by atoms with Gasteiger partial charge in [-0.2, -0.15) is 13.2 Å². The third kappa shape index (κ3) is 6.55. The predicted octanol–water partition coefficient (Wildman–Crippen LogP) is 6.38. The molecule has 0 spiro atoms. The van der Waals surface area contributed by atoms with Gasteiger partial charge in [-0.25, -0.2) is 26.0 Å². The van der Waals surface area contributed by atoms with Gasteiger partial charge in [-0.15, -0.1) is 11.8 Å². The van der Waals surface area contributed by atoms with Crippen LogP contribution in [0.1, 0.15) is 25.7 Å². The molecule has 0 amide bonds. The third-order valence-corrected chi connectivity index (χ3v) is 10.9. The number of benzene rings is 2. The minimum atomic E-state index is -4.96. The molecular formula is C27H26F7NO6S2. The fourth-order valence-corrected chi connectivity index (χ4v) is 8.23. The van der Waals surface area contributed by atoms with E-state index >= 15 is 4.39 Å². The number of fused-ring (bicyclic) bond motifs is 1. The summed E-state index contributed by atoms with van der Waals surface area (Å²) >= 11 is 0.931. The van der Waals surface area contributed by atoms with E-state index in [0.717, 1.165) is 30.0 Å². The second-order valence-electron chi connectivity index (χ2n) is 11.0. The second kappa shape index (κ2) is 11.3. The summed E-state index contributed by atoms with van der Waals surface area (Å²) in [5, 5.41) is 9.02. The highest BCUT2D eigenvalue weighted by atomic mass is 32.2. The van der Waals surface area contributed by atoms with Crippen molar-refractivity contribution >= 4 is 38.9 Å². The Bertz CT molecular complexity index is 1470. The van der Waals surface area contributed by atoms with Crippen LogP contribution >= 0.6 is 11.8 Å². The van der Waals surface area contributed by atoms with E-state index in [0.29, 0.717) is 0 Å². The first-order valence-corrected chi connectivity index (χ1v) is 15.6. The largest absolute Gasteiger partial charge is 0.491 e. The lowest BCUT2D eigenvalue weighted by atomic mass is 9.87. The van der Waals surface area contributed by atoms with Crippen LogP contribution in [0.15, 0.2) is 46.2 Å².